The van der Waals surface area contributed by atoms with Crippen molar-refractivity contribution in [1.29, 1.82) is 0 Å². The summed E-state index contributed by atoms with van der Waals surface area (Å²) in [4.78, 5) is 0. The van der Waals surface area contributed by atoms with E-state index >= 15 is 0 Å². The second-order valence-electron chi connectivity index (χ2n) is 8.88. The Kier molecular flexibility index (Phi) is 5.13. The van der Waals surface area contributed by atoms with Gasteiger partial charge >= 0.3 is 0 Å². The van der Waals surface area contributed by atoms with E-state index in [9.17, 15) is 5.11 Å². The number of hydrogen-bond acceptors (Lipinski definition) is 3. The third-order valence-electron chi connectivity index (χ3n) is 5.30. The maximum atomic E-state index is 10.4. The lowest BCUT2D eigenvalue weighted by molar-refractivity contribution is -0.0905. The first-order valence-corrected chi connectivity index (χ1v) is 11.8. The highest BCUT2D eigenvalue weighted by Crippen LogP contribution is 2.46. The second-order valence-corrected chi connectivity index (χ2v) is 11.2. The molecule has 4 heteroatoms. The Morgan fingerprint density at radius 3 is 2.21 bits per heavy atom. The van der Waals surface area contributed by atoms with Crippen molar-refractivity contribution < 1.29 is 14.3 Å². The first kappa shape index (κ1) is 19.3. The van der Waals surface area contributed by atoms with Crippen molar-refractivity contribution in [3.63, 3.8) is 0 Å². The average Bonchev–Trinajstić information content (AvgIpc) is 2.47. The van der Waals surface area contributed by atoms with E-state index in [1.165, 1.54) is 0 Å². The molecule has 2 rings (SSSR count). The zero-order chi connectivity index (χ0) is 18.4. The minimum atomic E-state index is -1.19. The maximum Gasteiger partial charge on any atom is 0.171 e. The second kappa shape index (κ2) is 6.38. The molecule has 2 atom stereocenters. The lowest BCUT2D eigenvalue weighted by Crippen LogP contribution is -2.55. The molecule has 1 aliphatic rings. The first-order valence-electron chi connectivity index (χ1n) is 9.04. The zero-order valence-electron chi connectivity index (χ0n) is 16.8. The molecule has 0 aromatic heterocycles. The van der Waals surface area contributed by atoms with Gasteiger partial charge in [0.15, 0.2) is 9.04 Å². The zero-order valence-corrected chi connectivity index (χ0v) is 18.0. The van der Waals surface area contributed by atoms with Crippen LogP contribution in [0.15, 0.2) is 0 Å². The standard InChI is InChI=1S/C20H34O3Si/c1-12-13(2)17-15(14(3)16(12)21)10-11-20(7,22-17)18(19(4,5)6)23-24(8)9/h18,21,24H,10-11H2,1-9H3. The molecule has 1 heterocycles. The maximum absolute atomic E-state index is 10.4. The van der Waals surface area contributed by atoms with Gasteiger partial charge in [-0.3, -0.25) is 0 Å². The van der Waals surface area contributed by atoms with Crippen molar-refractivity contribution in [2.24, 2.45) is 5.41 Å². The predicted molar refractivity (Wildman–Crippen MR) is 103 cm³/mol. The number of aromatic hydroxyl groups is 1. The predicted octanol–water partition coefficient (Wildman–Crippen LogP) is 4.82. The van der Waals surface area contributed by atoms with Crippen LogP contribution in [0.5, 0.6) is 11.5 Å². The monoisotopic (exact) mass is 350 g/mol. The van der Waals surface area contributed by atoms with Gasteiger partial charge in [0.1, 0.15) is 17.1 Å². The molecule has 2 unspecified atom stereocenters. The Labute approximate surface area is 149 Å². The van der Waals surface area contributed by atoms with Crippen LogP contribution in [0.1, 0.15) is 56.4 Å². The molecule has 0 radical (unpaired) electrons. The topological polar surface area (TPSA) is 38.7 Å². The highest BCUT2D eigenvalue weighted by Gasteiger charge is 2.47. The van der Waals surface area contributed by atoms with Crippen LogP contribution in [0.25, 0.3) is 0 Å². The molecule has 0 saturated carbocycles. The molecular formula is C20H34O3Si. The quantitative estimate of drug-likeness (QED) is 0.795. The average molecular weight is 351 g/mol. The van der Waals surface area contributed by atoms with E-state index in [0.29, 0.717) is 5.75 Å². The molecule has 0 spiro atoms. The Hall–Kier alpha value is -1.00. The van der Waals surface area contributed by atoms with Crippen LogP contribution in [0, 0.1) is 26.2 Å². The normalized spacial score (nSPS) is 22.2. The Bertz CT molecular complexity index is 631. The lowest BCUT2D eigenvalue weighted by Gasteiger charge is -2.48. The molecule has 0 amide bonds. The van der Waals surface area contributed by atoms with Crippen LogP contribution in [-0.2, 0) is 10.8 Å². The van der Waals surface area contributed by atoms with E-state index < -0.39 is 9.04 Å². The highest BCUT2D eigenvalue weighted by atomic mass is 28.3. The van der Waals surface area contributed by atoms with Gasteiger partial charge in [-0.25, -0.2) is 0 Å². The molecule has 0 bridgehead atoms. The van der Waals surface area contributed by atoms with Crippen molar-refractivity contribution >= 4 is 9.04 Å². The van der Waals surface area contributed by atoms with Crippen LogP contribution >= 0.6 is 0 Å². The van der Waals surface area contributed by atoms with Crippen molar-refractivity contribution in [2.45, 2.75) is 86.1 Å². The lowest BCUT2D eigenvalue weighted by atomic mass is 9.75. The number of fused-ring (bicyclic) bond motifs is 1. The van der Waals surface area contributed by atoms with Crippen molar-refractivity contribution in [3.8, 4) is 11.5 Å². The number of phenols is 1. The molecule has 24 heavy (non-hydrogen) atoms. The molecule has 3 nitrogen and oxygen atoms in total. The minimum Gasteiger partial charge on any atom is -0.507 e. The number of benzene rings is 1. The summed E-state index contributed by atoms with van der Waals surface area (Å²) in [6, 6.07) is 0. The molecule has 0 fully saturated rings. The van der Waals surface area contributed by atoms with E-state index in [2.05, 4.69) is 40.8 Å². The van der Waals surface area contributed by atoms with E-state index in [1.54, 1.807) is 0 Å². The molecule has 1 aromatic carbocycles. The van der Waals surface area contributed by atoms with Gasteiger partial charge in [-0.15, -0.1) is 0 Å². The molecule has 0 aliphatic carbocycles. The fraction of sp³-hybridized carbons (Fsp3) is 0.700. The minimum absolute atomic E-state index is 0.0123. The number of phenolic OH excluding ortho intramolecular Hbond substituents is 1. The van der Waals surface area contributed by atoms with E-state index in [0.717, 1.165) is 40.8 Å². The number of rotatable bonds is 3. The summed E-state index contributed by atoms with van der Waals surface area (Å²) < 4.78 is 13.1. The van der Waals surface area contributed by atoms with Crippen LogP contribution in [0.3, 0.4) is 0 Å². The van der Waals surface area contributed by atoms with Crippen LogP contribution in [0.4, 0.5) is 0 Å². The summed E-state index contributed by atoms with van der Waals surface area (Å²) in [7, 11) is -1.19. The summed E-state index contributed by atoms with van der Waals surface area (Å²) in [5.41, 5.74) is 3.75. The third kappa shape index (κ3) is 3.36. The van der Waals surface area contributed by atoms with E-state index in [1.807, 2.05) is 20.8 Å². The Morgan fingerprint density at radius 1 is 1.12 bits per heavy atom. The van der Waals surface area contributed by atoms with E-state index in [-0.39, 0.29) is 17.1 Å². The van der Waals surface area contributed by atoms with Gasteiger partial charge in [-0.2, -0.15) is 0 Å². The van der Waals surface area contributed by atoms with Gasteiger partial charge in [-0.1, -0.05) is 20.8 Å². The summed E-state index contributed by atoms with van der Waals surface area (Å²) in [6.07, 6.45) is 1.88. The molecule has 136 valence electrons. The van der Waals surface area contributed by atoms with Crippen LogP contribution in [-0.4, -0.2) is 25.9 Å². The van der Waals surface area contributed by atoms with Crippen molar-refractivity contribution in [2.75, 3.05) is 0 Å². The summed E-state index contributed by atoms with van der Waals surface area (Å²) in [5.74, 6) is 1.37. The van der Waals surface area contributed by atoms with Crippen LogP contribution in [0.2, 0.25) is 13.1 Å². The Morgan fingerprint density at radius 2 is 1.71 bits per heavy atom. The molecule has 1 N–H and O–H groups in total. The van der Waals surface area contributed by atoms with Gasteiger partial charge < -0.3 is 14.3 Å². The van der Waals surface area contributed by atoms with Gasteiger partial charge in [-0.05, 0) is 75.7 Å². The number of hydrogen-bond donors (Lipinski definition) is 1. The molecule has 1 aliphatic heterocycles. The third-order valence-corrected chi connectivity index (χ3v) is 6.11. The van der Waals surface area contributed by atoms with Gasteiger partial charge in [0.05, 0.1) is 6.10 Å². The van der Waals surface area contributed by atoms with Crippen LogP contribution < -0.4 is 4.74 Å². The smallest absolute Gasteiger partial charge is 0.171 e. The SMILES string of the molecule is Cc1c(C)c2c(c(C)c1O)CCC(C)(C(O[SiH](C)C)C(C)(C)C)O2. The summed E-state index contributed by atoms with van der Waals surface area (Å²) in [5, 5.41) is 10.4. The molecule has 0 saturated heterocycles. The fourth-order valence-electron chi connectivity index (χ4n) is 3.99. The summed E-state index contributed by atoms with van der Waals surface area (Å²) >= 11 is 0. The molecular weight excluding hydrogens is 316 g/mol. The number of ether oxygens (including phenoxy) is 1. The fourth-order valence-corrected chi connectivity index (χ4v) is 5.23. The van der Waals surface area contributed by atoms with Gasteiger partial charge in [0, 0.05) is 5.56 Å². The summed E-state index contributed by atoms with van der Waals surface area (Å²) in [6.45, 7) is 19.3. The van der Waals surface area contributed by atoms with E-state index in [4.69, 9.17) is 9.16 Å². The van der Waals surface area contributed by atoms with Crippen molar-refractivity contribution in [3.05, 3.63) is 22.3 Å². The van der Waals surface area contributed by atoms with Gasteiger partial charge in [0.2, 0.25) is 0 Å². The highest BCUT2D eigenvalue weighted by molar-refractivity contribution is 6.48. The van der Waals surface area contributed by atoms with Gasteiger partial charge in [0.25, 0.3) is 0 Å². The van der Waals surface area contributed by atoms with Crippen molar-refractivity contribution in [1.82, 2.24) is 0 Å². The first-order chi connectivity index (χ1) is 10.9. The Balaban J connectivity index is 2.50. The largest absolute Gasteiger partial charge is 0.507 e. The molecule has 1 aromatic rings.